The predicted octanol–water partition coefficient (Wildman–Crippen LogP) is 2.55. The monoisotopic (exact) mass is 352 g/mol. The largest absolute Gasteiger partial charge is 0.491 e. The van der Waals surface area contributed by atoms with E-state index in [0.29, 0.717) is 18.8 Å². The number of carbonyl (C=O) groups is 1. The van der Waals surface area contributed by atoms with E-state index < -0.39 is 24.3 Å². The highest BCUT2D eigenvalue weighted by atomic mass is 32.1. The standard InChI is InChI=1S/C16H25BN2O4S/c1-7-21-14(20)12-10-24-13(19-12)8-11(9-18-6)17-22-15(2,3)16(4,5)23-17/h8,10,18H,7,9H2,1-6H3. The Kier molecular flexibility index (Phi) is 5.85. The van der Waals surface area contributed by atoms with Gasteiger partial charge in [-0.15, -0.1) is 11.3 Å². The number of carbonyl (C=O) groups excluding carboxylic acids is 1. The van der Waals surface area contributed by atoms with E-state index in [2.05, 4.69) is 10.3 Å². The third kappa shape index (κ3) is 4.06. The molecule has 1 aromatic rings. The number of hydrogen-bond acceptors (Lipinski definition) is 7. The van der Waals surface area contributed by atoms with Crippen LogP contribution in [-0.4, -0.2) is 49.5 Å². The van der Waals surface area contributed by atoms with Crippen LogP contribution in [0, 0.1) is 0 Å². The molecular formula is C16H25BN2O4S. The van der Waals surface area contributed by atoms with Crippen LogP contribution in [0.2, 0.25) is 0 Å². The molecular weight excluding hydrogens is 327 g/mol. The minimum absolute atomic E-state index is 0.325. The molecule has 1 aromatic heterocycles. The molecule has 1 fully saturated rings. The summed E-state index contributed by atoms with van der Waals surface area (Å²) >= 11 is 1.39. The van der Waals surface area contributed by atoms with E-state index in [1.165, 1.54) is 11.3 Å². The van der Waals surface area contributed by atoms with Crippen molar-refractivity contribution in [2.24, 2.45) is 0 Å². The van der Waals surface area contributed by atoms with Crippen LogP contribution in [0.15, 0.2) is 10.9 Å². The molecule has 24 heavy (non-hydrogen) atoms. The molecule has 1 aliphatic heterocycles. The molecule has 8 heteroatoms. The quantitative estimate of drug-likeness (QED) is 0.627. The molecule has 2 rings (SSSR count). The highest BCUT2D eigenvalue weighted by Gasteiger charge is 2.52. The van der Waals surface area contributed by atoms with Gasteiger partial charge in [-0.2, -0.15) is 0 Å². The fraction of sp³-hybridized carbons (Fsp3) is 0.625. The van der Waals surface area contributed by atoms with Crippen molar-refractivity contribution in [1.29, 1.82) is 0 Å². The number of rotatable bonds is 6. The third-order valence-electron chi connectivity index (χ3n) is 4.25. The minimum Gasteiger partial charge on any atom is -0.461 e. The van der Waals surface area contributed by atoms with Crippen molar-refractivity contribution in [3.63, 3.8) is 0 Å². The lowest BCUT2D eigenvalue weighted by Crippen LogP contribution is -2.41. The zero-order valence-corrected chi connectivity index (χ0v) is 16.0. The summed E-state index contributed by atoms with van der Waals surface area (Å²) in [5.41, 5.74) is 0.458. The van der Waals surface area contributed by atoms with E-state index in [9.17, 15) is 4.79 Å². The Morgan fingerprint density at radius 1 is 1.38 bits per heavy atom. The van der Waals surface area contributed by atoms with E-state index >= 15 is 0 Å². The van der Waals surface area contributed by atoms with Crippen LogP contribution in [0.5, 0.6) is 0 Å². The fourth-order valence-corrected chi connectivity index (χ4v) is 2.96. The summed E-state index contributed by atoms with van der Waals surface area (Å²) in [6.07, 6.45) is 1.91. The predicted molar refractivity (Wildman–Crippen MR) is 96.1 cm³/mol. The van der Waals surface area contributed by atoms with Crippen molar-refractivity contribution in [2.45, 2.75) is 45.8 Å². The SMILES string of the molecule is CCOC(=O)c1csc(C=C(CNC)B2OC(C)(C)C(C)(C)O2)n1. The van der Waals surface area contributed by atoms with Gasteiger partial charge in [-0.1, -0.05) is 0 Å². The first-order valence-electron chi connectivity index (χ1n) is 8.03. The molecule has 1 saturated heterocycles. The fourth-order valence-electron chi connectivity index (χ4n) is 2.21. The number of hydrogen-bond donors (Lipinski definition) is 1. The average molecular weight is 352 g/mol. The Morgan fingerprint density at radius 2 is 2.00 bits per heavy atom. The molecule has 1 N–H and O–H groups in total. The van der Waals surface area contributed by atoms with Crippen LogP contribution in [0.4, 0.5) is 0 Å². The van der Waals surface area contributed by atoms with Gasteiger partial charge in [0.2, 0.25) is 0 Å². The average Bonchev–Trinajstić information content (AvgIpc) is 3.02. The molecule has 0 aromatic carbocycles. The van der Waals surface area contributed by atoms with Gasteiger partial charge in [-0.3, -0.25) is 0 Å². The van der Waals surface area contributed by atoms with Crippen LogP contribution < -0.4 is 5.32 Å². The zero-order chi connectivity index (χ0) is 18.0. The number of aromatic nitrogens is 1. The number of likely N-dealkylation sites (N-methyl/N-ethyl adjacent to an activating group) is 1. The topological polar surface area (TPSA) is 69.7 Å². The molecule has 2 heterocycles. The Hall–Kier alpha value is -1.22. The first-order valence-corrected chi connectivity index (χ1v) is 8.91. The Bertz CT molecular complexity index is 611. The van der Waals surface area contributed by atoms with Gasteiger partial charge in [0.1, 0.15) is 5.01 Å². The van der Waals surface area contributed by atoms with Crippen molar-refractivity contribution in [2.75, 3.05) is 20.2 Å². The summed E-state index contributed by atoms with van der Waals surface area (Å²) in [6.45, 7) is 10.8. The molecule has 132 valence electrons. The van der Waals surface area contributed by atoms with Gasteiger partial charge in [0.25, 0.3) is 0 Å². The summed E-state index contributed by atoms with van der Waals surface area (Å²) in [5, 5.41) is 5.55. The molecule has 0 radical (unpaired) electrons. The maximum absolute atomic E-state index is 11.7. The van der Waals surface area contributed by atoms with Crippen molar-refractivity contribution >= 4 is 30.5 Å². The van der Waals surface area contributed by atoms with Gasteiger partial charge in [0.15, 0.2) is 5.69 Å². The maximum atomic E-state index is 11.7. The smallest absolute Gasteiger partial charge is 0.461 e. The maximum Gasteiger partial charge on any atom is 0.491 e. The highest BCUT2D eigenvalue weighted by Crippen LogP contribution is 2.38. The summed E-state index contributed by atoms with van der Waals surface area (Å²) in [7, 11) is 1.42. The molecule has 0 saturated carbocycles. The summed E-state index contributed by atoms with van der Waals surface area (Å²) in [6, 6.07) is 0. The van der Waals surface area contributed by atoms with E-state index in [1.807, 2.05) is 40.8 Å². The molecule has 0 spiro atoms. The molecule has 0 aliphatic carbocycles. The van der Waals surface area contributed by atoms with Crippen LogP contribution in [0.3, 0.4) is 0 Å². The van der Waals surface area contributed by atoms with Crippen molar-refractivity contribution in [3.8, 4) is 0 Å². The van der Waals surface area contributed by atoms with Crippen LogP contribution in [0.25, 0.3) is 6.08 Å². The summed E-state index contributed by atoms with van der Waals surface area (Å²) < 4.78 is 17.2. The second-order valence-corrected chi connectivity index (χ2v) is 7.52. The van der Waals surface area contributed by atoms with Gasteiger partial charge >= 0.3 is 13.1 Å². The lowest BCUT2D eigenvalue weighted by Gasteiger charge is -2.32. The van der Waals surface area contributed by atoms with Gasteiger partial charge in [0, 0.05) is 11.9 Å². The normalized spacial score (nSPS) is 19.6. The minimum atomic E-state index is -0.447. The van der Waals surface area contributed by atoms with E-state index in [4.69, 9.17) is 14.0 Å². The third-order valence-corrected chi connectivity index (χ3v) is 5.04. The Balaban J connectivity index is 2.22. The Morgan fingerprint density at radius 3 is 2.54 bits per heavy atom. The van der Waals surface area contributed by atoms with E-state index in [-0.39, 0.29) is 0 Å². The van der Waals surface area contributed by atoms with Crippen LogP contribution in [-0.2, 0) is 14.0 Å². The lowest BCUT2D eigenvalue weighted by molar-refractivity contribution is 0.00578. The van der Waals surface area contributed by atoms with Crippen molar-refractivity contribution in [3.05, 3.63) is 21.6 Å². The van der Waals surface area contributed by atoms with Gasteiger partial charge in [-0.25, -0.2) is 9.78 Å². The highest BCUT2D eigenvalue weighted by molar-refractivity contribution is 7.10. The summed E-state index contributed by atoms with van der Waals surface area (Å²) in [5.74, 6) is -0.404. The number of esters is 1. The van der Waals surface area contributed by atoms with Gasteiger partial charge < -0.3 is 19.4 Å². The number of nitrogens with zero attached hydrogens (tertiary/aromatic N) is 1. The Labute approximate surface area is 147 Å². The lowest BCUT2D eigenvalue weighted by atomic mass is 9.78. The first kappa shape index (κ1) is 19.1. The first-order chi connectivity index (χ1) is 11.2. The zero-order valence-electron chi connectivity index (χ0n) is 15.1. The molecule has 0 unspecified atom stereocenters. The molecule has 0 atom stereocenters. The molecule has 0 bridgehead atoms. The summed E-state index contributed by atoms with van der Waals surface area (Å²) in [4.78, 5) is 16.1. The van der Waals surface area contributed by atoms with Gasteiger partial charge in [-0.05, 0) is 53.2 Å². The number of nitrogens with one attached hydrogen (secondary N) is 1. The van der Waals surface area contributed by atoms with E-state index in [1.54, 1.807) is 12.3 Å². The van der Waals surface area contributed by atoms with E-state index in [0.717, 1.165) is 10.5 Å². The van der Waals surface area contributed by atoms with Crippen molar-refractivity contribution < 1.29 is 18.8 Å². The van der Waals surface area contributed by atoms with Gasteiger partial charge in [0.05, 0.1) is 17.8 Å². The van der Waals surface area contributed by atoms with Crippen molar-refractivity contribution in [1.82, 2.24) is 10.3 Å². The second kappa shape index (κ2) is 7.35. The number of ether oxygens (including phenoxy) is 1. The molecule has 0 amide bonds. The molecule has 6 nitrogen and oxygen atoms in total. The second-order valence-electron chi connectivity index (χ2n) is 6.63. The molecule has 1 aliphatic rings. The van der Waals surface area contributed by atoms with Crippen LogP contribution in [0.1, 0.15) is 50.1 Å². The van der Waals surface area contributed by atoms with Crippen LogP contribution >= 0.6 is 11.3 Å². The number of thiazole rings is 1.